The summed E-state index contributed by atoms with van der Waals surface area (Å²) >= 11 is 1.93. The number of nitrogens with zero attached hydrogens (tertiary/aromatic N) is 2. The SMILES string of the molecule is CC(C)C(c1cccs1)N1CCN2CCCCC2C1. The zero-order valence-corrected chi connectivity index (χ0v) is 13.0. The number of thiophene rings is 1. The van der Waals surface area contributed by atoms with Crippen LogP contribution in [-0.4, -0.2) is 42.0 Å². The molecule has 0 amide bonds. The van der Waals surface area contributed by atoms with Crippen LogP contribution in [0, 0.1) is 5.92 Å². The van der Waals surface area contributed by atoms with Crippen LogP contribution in [0.3, 0.4) is 0 Å². The first-order chi connectivity index (χ1) is 9.25. The van der Waals surface area contributed by atoms with E-state index in [-0.39, 0.29) is 0 Å². The predicted molar refractivity (Wildman–Crippen MR) is 82.7 cm³/mol. The number of hydrogen-bond donors (Lipinski definition) is 0. The van der Waals surface area contributed by atoms with E-state index in [0.29, 0.717) is 12.0 Å². The summed E-state index contributed by atoms with van der Waals surface area (Å²) in [4.78, 5) is 7.04. The van der Waals surface area contributed by atoms with E-state index in [4.69, 9.17) is 0 Å². The molecule has 0 bridgehead atoms. The van der Waals surface area contributed by atoms with Gasteiger partial charge in [-0.3, -0.25) is 9.80 Å². The molecule has 3 rings (SSSR count). The molecule has 2 aliphatic heterocycles. The van der Waals surface area contributed by atoms with Gasteiger partial charge >= 0.3 is 0 Å². The maximum absolute atomic E-state index is 2.75. The van der Waals surface area contributed by atoms with Gasteiger partial charge in [-0.2, -0.15) is 0 Å². The number of rotatable bonds is 3. The summed E-state index contributed by atoms with van der Waals surface area (Å²) in [6.45, 7) is 9.89. The first-order valence-corrected chi connectivity index (χ1v) is 8.65. The summed E-state index contributed by atoms with van der Waals surface area (Å²) < 4.78 is 0. The Morgan fingerprint density at radius 2 is 2.11 bits per heavy atom. The Balaban J connectivity index is 1.73. The quantitative estimate of drug-likeness (QED) is 0.833. The van der Waals surface area contributed by atoms with Gasteiger partial charge in [-0.05, 0) is 36.8 Å². The van der Waals surface area contributed by atoms with Crippen molar-refractivity contribution in [3.63, 3.8) is 0 Å². The van der Waals surface area contributed by atoms with E-state index in [2.05, 4.69) is 41.2 Å². The zero-order chi connectivity index (χ0) is 13.2. The van der Waals surface area contributed by atoms with Gasteiger partial charge < -0.3 is 0 Å². The van der Waals surface area contributed by atoms with Crippen LogP contribution >= 0.6 is 11.3 Å². The van der Waals surface area contributed by atoms with Crippen molar-refractivity contribution in [3.05, 3.63) is 22.4 Å². The molecule has 2 saturated heterocycles. The van der Waals surface area contributed by atoms with Gasteiger partial charge in [0.05, 0.1) is 0 Å². The van der Waals surface area contributed by atoms with Crippen molar-refractivity contribution in [1.29, 1.82) is 0 Å². The standard InChI is InChI=1S/C16H26N2S/c1-13(2)16(15-7-5-11-19-15)18-10-9-17-8-4-3-6-14(17)12-18/h5,7,11,13-14,16H,3-4,6,8-10,12H2,1-2H3. The molecule has 1 aromatic heterocycles. The van der Waals surface area contributed by atoms with Crippen molar-refractivity contribution in [1.82, 2.24) is 9.80 Å². The predicted octanol–water partition coefficient (Wildman–Crippen LogP) is 3.62. The van der Waals surface area contributed by atoms with Crippen LogP contribution in [-0.2, 0) is 0 Å². The van der Waals surface area contributed by atoms with Crippen LogP contribution in [0.5, 0.6) is 0 Å². The number of piperazine rings is 1. The fourth-order valence-electron chi connectivity index (χ4n) is 3.82. The van der Waals surface area contributed by atoms with E-state index in [1.54, 1.807) is 4.88 Å². The lowest BCUT2D eigenvalue weighted by molar-refractivity contribution is 0.0165. The molecule has 0 spiro atoms. The van der Waals surface area contributed by atoms with Gasteiger partial charge in [0.25, 0.3) is 0 Å². The number of piperidine rings is 1. The van der Waals surface area contributed by atoms with E-state index >= 15 is 0 Å². The fourth-order valence-corrected chi connectivity index (χ4v) is 4.85. The lowest BCUT2D eigenvalue weighted by Gasteiger charge is -2.47. The van der Waals surface area contributed by atoms with Gasteiger partial charge in [0.1, 0.15) is 0 Å². The average molecular weight is 278 g/mol. The largest absolute Gasteiger partial charge is 0.298 e. The molecule has 0 aliphatic carbocycles. The summed E-state index contributed by atoms with van der Waals surface area (Å²) in [5, 5.41) is 2.22. The molecule has 1 aromatic rings. The van der Waals surface area contributed by atoms with Crippen molar-refractivity contribution in [2.24, 2.45) is 5.92 Å². The van der Waals surface area contributed by atoms with Crippen molar-refractivity contribution < 1.29 is 0 Å². The molecule has 2 nitrogen and oxygen atoms in total. The minimum absolute atomic E-state index is 0.629. The Labute approximate surface area is 121 Å². The Kier molecular flexibility index (Phi) is 4.25. The third kappa shape index (κ3) is 2.88. The smallest absolute Gasteiger partial charge is 0.0465 e. The highest BCUT2D eigenvalue weighted by molar-refractivity contribution is 7.10. The lowest BCUT2D eigenvalue weighted by atomic mass is 9.95. The van der Waals surface area contributed by atoms with Crippen LogP contribution < -0.4 is 0 Å². The molecule has 2 atom stereocenters. The molecular weight excluding hydrogens is 252 g/mol. The maximum atomic E-state index is 2.75. The van der Waals surface area contributed by atoms with Gasteiger partial charge in [-0.15, -0.1) is 11.3 Å². The zero-order valence-electron chi connectivity index (χ0n) is 12.2. The van der Waals surface area contributed by atoms with Crippen molar-refractivity contribution in [2.45, 2.75) is 45.2 Å². The Bertz CT molecular complexity index is 387. The van der Waals surface area contributed by atoms with Gasteiger partial charge in [0, 0.05) is 36.6 Å². The molecule has 0 aromatic carbocycles. The molecule has 0 radical (unpaired) electrons. The highest BCUT2D eigenvalue weighted by Gasteiger charge is 2.33. The minimum Gasteiger partial charge on any atom is -0.298 e. The van der Waals surface area contributed by atoms with E-state index in [9.17, 15) is 0 Å². The molecule has 0 N–H and O–H groups in total. The maximum Gasteiger partial charge on any atom is 0.0465 e. The van der Waals surface area contributed by atoms with Crippen molar-refractivity contribution in [2.75, 3.05) is 26.2 Å². The van der Waals surface area contributed by atoms with E-state index in [1.807, 2.05) is 11.3 Å². The van der Waals surface area contributed by atoms with Crippen molar-refractivity contribution >= 4 is 11.3 Å². The summed E-state index contributed by atoms with van der Waals surface area (Å²) in [6, 6.07) is 5.97. The highest BCUT2D eigenvalue weighted by atomic mass is 32.1. The molecule has 106 valence electrons. The van der Waals surface area contributed by atoms with Crippen LogP contribution in [0.25, 0.3) is 0 Å². The molecular formula is C16H26N2S. The Hall–Kier alpha value is -0.380. The Morgan fingerprint density at radius 3 is 2.84 bits per heavy atom. The van der Waals surface area contributed by atoms with Gasteiger partial charge in [-0.25, -0.2) is 0 Å². The fraction of sp³-hybridized carbons (Fsp3) is 0.750. The third-order valence-corrected chi connectivity index (χ3v) is 5.67. The van der Waals surface area contributed by atoms with Crippen LogP contribution in [0.4, 0.5) is 0 Å². The summed E-state index contributed by atoms with van der Waals surface area (Å²) in [7, 11) is 0. The van der Waals surface area contributed by atoms with Crippen LogP contribution in [0.15, 0.2) is 17.5 Å². The number of hydrogen-bond acceptors (Lipinski definition) is 3. The summed E-state index contributed by atoms with van der Waals surface area (Å²) in [6.07, 6.45) is 4.25. The molecule has 3 heterocycles. The second kappa shape index (κ2) is 5.94. The second-order valence-corrected chi connectivity index (χ2v) is 7.36. The highest BCUT2D eigenvalue weighted by Crippen LogP contribution is 2.34. The molecule has 2 unspecified atom stereocenters. The first-order valence-electron chi connectivity index (χ1n) is 7.77. The minimum atomic E-state index is 0.629. The lowest BCUT2D eigenvalue weighted by Crippen LogP contribution is -2.55. The van der Waals surface area contributed by atoms with Crippen LogP contribution in [0.1, 0.15) is 44.0 Å². The monoisotopic (exact) mass is 278 g/mol. The molecule has 0 saturated carbocycles. The summed E-state index contributed by atoms with van der Waals surface area (Å²) in [5.74, 6) is 0.703. The number of fused-ring (bicyclic) bond motifs is 1. The van der Waals surface area contributed by atoms with Gasteiger partial charge in [-0.1, -0.05) is 26.3 Å². The Morgan fingerprint density at radius 1 is 1.21 bits per heavy atom. The van der Waals surface area contributed by atoms with Gasteiger partial charge in [0.15, 0.2) is 0 Å². The molecule has 3 heteroatoms. The normalized spacial score (nSPS) is 27.4. The molecule has 2 aliphatic rings. The van der Waals surface area contributed by atoms with Crippen molar-refractivity contribution in [3.8, 4) is 0 Å². The van der Waals surface area contributed by atoms with E-state index < -0.39 is 0 Å². The third-order valence-electron chi connectivity index (χ3n) is 4.73. The van der Waals surface area contributed by atoms with Crippen LogP contribution in [0.2, 0.25) is 0 Å². The molecule has 2 fully saturated rings. The average Bonchev–Trinajstić information content (AvgIpc) is 2.92. The van der Waals surface area contributed by atoms with Gasteiger partial charge in [0.2, 0.25) is 0 Å². The second-order valence-electron chi connectivity index (χ2n) is 6.38. The van der Waals surface area contributed by atoms with E-state index in [1.165, 1.54) is 45.4 Å². The van der Waals surface area contributed by atoms with E-state index in [0.717, 1.165) is 6.04 Å². The first kappa shape index (κ1) is 13.6. The summed E-state index contributed by atoms with van der Waals surface area (Å²) in [5.41, 5.74) is 0. The topological polar surface area (TPSA) is 6.48 Å². The molecule has 19 heavy (non-hydrogen) atoms.